The van der Waals surface area contributed by atoms with E-state index in [4.69, 9.17) is 31.2 Å². The standard InChI is InChI=1S/C35H36ClF5N8O3/c1-32(2,3)18-34(23-8-5-20(6-9-23)22-15-44-48(16-22)30(37)38)29(51)49(31(42)46-34)26(17-52-27(50)14-33(11-12-33)35(39,40)41)21-7-10-25(36)24(13-21)28-43-19-45-47(28)4/h5-10,13,15-16,19,26,30H,11-12,14,17-18H2,1-4H3,(H2,42,46)/t26-,34-/m1/s1/i4D3. The summed E-state index contributed by atoms with van der Waals surface area (Å²) in [5.41, 5.74) is 3.74. The Morgan fingerprint density at radius 2 is 1.81 bits per heavy atom. The molecule has 2 atom stereocenters. The van der Waals surface area contributed by atoms with Crippen LogP contribution in [0.5, 0.6) is 0 Å². The Hall–Kier alpha value is -4.86. The third-order valence-electron chi connectivity index (χ3n) is 9.22. The Balaban J connectivity index is 1.41. The molecule has 0 radical (unpaired) electrons. The van der Waals surface area contributed by atoms with Crippen LogP contribution in [-0.2, 0) is 26.8 Å². The van der Waals surface area contributed by atoms with Crippen molar-refractivity contribution in [1.82, 2.24) is 29.4 Å². The lowest BCUT2D eigenvalue weighted by Crippen LogP contribution is -2.47. The molecular formula is C35H36ClF5N8O3. The average Bonchev–Trinajstić information content (AvgIpc) is 3.40. The number of nitrogens with zero attached hydrogens (tertiary/aromatic N) is 7. The molecule has 0 bridgehead atoms. The number of amides is 1. The lowest BCUT2D eigenvalue weighted by atomic mass is 9.75. The van der Waals surface area contributed by atoms with Crippen LogP contribution in [0.25, 0.3) is 22.5 Å². The number of alkyl halides is 5. The van der Waals surface area contributed by atoms with Gasteiger partial charge in [0.2, 0.25) is 0 Å². The van der Waals surface area contributed by atoms with Crippen molar-refractivity contribution in [2.45, 2.75) is 70.8 Å². The Bertz CT molecular complexity index is 2130. The minimum Gasteiger partial charge on any atom is -0.463 e. The van der Waals surface area contributed by atoms with Gasteiger partial charge in [0.1, 0.15) is 12.9 Å². The zero-order chi connectivity index (χ0) is 40.3. The quantitative estimate of drug-likeness (QED) is 0.127. The summed E-state index contributed by atoms with van der Waals surface area (Å²) >= 11 is 6.52. The molecule has 0 spiro atoms. The molecule has 52 heavy (non-hydrogen) atoms. The lowest BCUT2D eigenvalue weighted by Gasteiger charge is -2.35. The third-order valence-corrected chi connectivity index (χ3v) is 9.55. The second kappa shape index (κ2) is 13.3. The summed E-state index contributed by atoms with van der Waals surface area (Å²) in [4.78, 5) is 37.9. The van der Waals surface area contributed by atoms with Crippen LogP contribution in [0.15, 0.2) is 66.2 Å². The number of carbonyl (C=O) groups excluding carboxylic acids is 2. The number of halogens is 6. The number of hydrogen-bond donors (Lipinski definition) is 1. The molecule has 1 amide bonds. The van der Waals surface area contributed by atoms with Gasteiger partial charge in [-0.2, -0.15) is 32.1 Å². The molecule has 2 aromatic heterocycles. The molecule has 1 fully saturated rings. The largest absolute Gasteiger partial charge is 0.463 e. The van der Waals surface area contributed by atoms with Crippen LogP contribution in [0.2, 0.25) is 5.02 Å². The SMILES string of the molecule is [2H]C([2H])([2H])n1ncnc1-c1cc([C@@H](COC(=O)CC2(C(F)(F)F)CC2)N2C(=O)[C@@](CC(C)(C)C)(c3ccc(-c4cnn(C(F)F)c4)cc3)N=C2N)ccc1Cl. The number of rotatable bonds is 11. The van der Waals surface area contributed by atoms with Gasteiger partial charge in [-0.25, -0.2) is 19.3 Å². The van der Waals surface area contributed by atoms with Crippen molar-refractivity contribution < 1.29 is 40.4 Å². The lowest BCUT2D eigenvalue weighted by molar-refractivity contribution is -0.195. The topological polar surface area (TPSA) is 134 Å². The van der Waals surface area contributed by atoms with Crippen molar-refractivity contribution in [1.29, 1.82) is 0 Å². The fourth-order valence-electron chi connectivity index (χ4n) is 6.48. The molecule has 0 unspecified atom stereocenters. The van der Waals surface area contributed by atoms with Crippen LogP contribution in [0.3, 0.4) is 0 Å². The number of hydrogen-bond acceptors (Lipinski definition) is 8. The predicted octanol–water partition coefficient (Wildman–Crippen LogP) is 7.20. The van der Waals surface area contributed by atoms with Gasteiger partial charge in [0.15, 0.2) is 17.3 Å². The number of aryl methyl sites for hydroxylation is 1. The van der Waals surface area contributed by atoms with Gasteiger partial charge in [-0.05, 0) is 53.5 Å². The molecule has 11 nitrogen and oxygen atoms in total. The number of aliphatic imine (C=N–C) groups is 1. The number of nitrogens with two attached hydrogens (primary N) is 1. The van der Waals surface area contributed by atoms with E-state index in [1.165, 1.54) is 30.6 Å². The number of benzene rings is 2. The van der Waals surface area contributed by atoms with Crippen molar-refractivity contribution in [3.63, 3.8) is 0 Å². The predicted molar refractivity (Wildman–Crippen MR) is 181 cm³/mol. The number of guanidine groups is 1. The Morgan fingerprint density at radius 1 is 1.10 bits per heavy atom. The van der Waals surface area contributed by atoms with Crippen LogP contribution in [0.1, 0.15) is 74.3 Å². The maximum absolute atomic E-state index is 15.0. The third kappa shape index (κ3) is 6.99. The van der Waals surface area contributed by atoms with Crippen molar-refractivity contribution in [3.8, 4) is 22.5 Å². The molecule has 3 heterocycles. The van der Waals surface area contributed by atoms with E-state index in [0.29, 0.717) is 26.1 Å². The van der Waals surface area contributed by atoms with Crippen LogP contribution in [0, 0.1) is 10.8 Å². The molecule has 276 valence electrons. The zero-order valence-corrected chi connectivity index (χ0v) is 28.9. The molecule has 1 saturated carbocycles. The Labute approximate surface area is 304 Å². The van der Waals surface area contributed by atoms with Gasteiger partial charge < -0.3 is 10.5 Å². The van der Waals surface area contributed by atoms with E-state index in [-0.39, 0.29) is 47.2 Å². The van der Waals surface area contributed by atoms with E-state index in [9.17, 15) is 31.5 Å². The van der Waals surface area contributed by atoms with E-state index in [2.05, 4.69) is 15.2 Å². The molecule has 17 heteroatoms. The van der Waals surface area contributed by atoms with Crippen molar-refractivity contribution in [3.05, 3.63) is 77.3 Å². The smallest absolute Gasteiger partial charge is 0.395 e. The summed E-state index contributed by atoms with van der Waals surface area (Å²) in [6.07, 6.45) is -2.43. The number of ether oxygens (including phenoxy) is 1. The zero-order valence-electron chi connectivity index (χ0n) is 31.2. The molecular weight excluding hydrogens is 711 g/mol. The summed E-state index contributed by atoms with van der Waals surface area (Å²) < 4.78 is 97.9. The molecule has 2 aromatic carbocycles. The van der Waals surface area contributed by atoms with Gasteiger partial charge in [0, 0.05) is 28.4 Å². The van der Waals surface area contributed by atoms with Gasteiger partial charge >= 0.3 is 18.7 Å². The molecule has 2 N–H and O–H groups in total. The maximum Gasteiger partial charge on any atom is 0.395 e. The fraction of sp³-hybridized carbons (Fsp3) is 0.429. The van der Waals surface area contributed by atoms with E-state index in [0.717, 1.165) is 11.2 Å². The highest BCUT2D eigenvalue weighted by atomic mass is 35.5. The van der Waals surface area contributed by atoms with E-state index in [1.54, 1.807) is 24.3 Å². The summed E-state index contributed by atoms with van der Waals surface area (Å²) in [6.45, 7) is -0.631. The van der Waals surface area contributed by atoms with Gasteiger partial charge in [-0.1, -0.05) is 62.7 Å². The fourth-order valence-corrected chi connectivity index (χ4v) is 6.69. The van der Waals surface area contributed by atoms with Crippen LogP contribution >= 0.6 is 11.6 Å². The van der Waals surface area contributed by atoms with Crippen LogP contribution in [0.4, 0.5) is 22.0 Å². The summed E-state index contributed by atoms with van der Waals surface area (Å²) in [7, 11) is 0. The first-order valence-corrected chi connectivity index (χ1v) is 16.5. The van der Waals surface area contributed by atoms with Crippen LogP contribution in [-0.4, -0.2) is 60.1 Å². The number of aromatic nitrogens is 5. The van der Waals surface area contributed by atoms with Crippen molar-refractivity contribution in [2.24, 2.45) is 28.5 Å². The molecule has 0 saturated heterocycles. The van der Waals surface area contributed by atoms with Gasteiger partial charge in [0.05, 0.1) is 29.1 Å². The average molecular weight is 750 g/mol. The molecule has 1 aliphatic heterocycles. The number of esters is 1. The minimum absolute atomic E-state index is 0.0505. The first-order chi connectivity index (χ1) is 25.5. The second-order valence-electron chi connectivity index (χ2n) is 14.2. The Kier molecular flexibility index (Phi) is 8.43. The second-order valence-corrected chi connectivity index (χ2v) is 14.6. The van der Waals surface area contributed by atoms with Crippen LogP contribution < -0.4 is 5.73 Å². The van der Waals surface area contributed by atoms with Crippen molar-refractivity contribution in [2.75, 3.05) is 6.61 Å². The first-order valence-electron chi connectivity index (χ1n) is 17.6. The van der Waals surface area contributed by atoms with Gasteiger partial charge in [-0.15, -0.1) is 0 Å². The molecule has 1 aliphatic carbocycles. The normalized spacial score (nSPS) is 20.3. The van der Waals surface area contributed by atoms with Gasteiger partial charge in [-0.3, -0.25) is 14.5 Å². The first kappa shape index (κ1) is 33.0. The summed E-state index contributed by atoms with van der Waals surface area (Å²) in [6, 6.07) is 9.43. The minimum atomic E-state index is -4.62. The number of carbonyl (C=O) groups is 2. The van der Waals surface area contributed by atoms with E-state index >= 15 is 0 Å². The molecule has 4 aromatic rings. The highest BCUT2D eigenvalue weighted by molar-refractivity contribution is 6.33. The molecule has 2 aliphatic rings. The summed E-state index contributed by atoms with van der Waals surface area (Å²) in [5, 5.41) is 7.53. The van der Waals surface area contributed by atoms with E-state index < -0.39 is 67.0 Å². The monoisotopic (exact) mass is 749 g/mol. The molecule has 6 rings (SSSR count). The Morgan fingerprint density at radius 3 is 2.40 bits per heavy atom. The van der Waals surface area contributed by atoms with Crippen molar-refractivity contribution >= 4 is 29.4 Å². The van der Waals surface area contributed by atoms with E-state index in [1.807, 2.05) is 20.8 Å². The highest BCUT2D eigenvalue weighted by Gasteiger charge is 2.64. The summed E-state index contributed by atoms with van der Waals surface area (Å²) in [5.74, 6) is -2.26. The highest BCUT2D eigenvalue weighted by Crippen LogP contribution is 2.60. The van der Waals surface area contributed by atoms with Gasteiger partial charge in [0.25, 0.3) is 5.91 Å². The maximum atomic E-state index is 15.0.